The lowest BCUT2D eigenvalue weighted by molar-refractivity contribution is 0.102. The molecule has 2 N–H and O–H groups in total. The van der Waals surface area contributed by atoms with Crippen molar-refractivity contribution in [2.45, 2.75) is 25.8 Å². The fourth-order valence-electron chi connectivity index (χ4n) is 2.36. The van der Waals surface area contributed by atoms with Crippen LogP contribution in [0, 0.1) is 6.92 Å². The van der Waals surface area contributed by atoms with E-state index in [2.05, 4.69) is 25.6 Å². The number of anilines is 1. The zero-order valence-electron chi connectivity index (χ0n) is 11.8. The van der Waals surface area contributed by atoms with Crippen molar-refractivity contribution in [1.82, 2.24) is 20.3 Å². The summed E-state index contributed by atoms with van der Waals surface area (Å²) in [5, 5.41) is 6.07. The van der Waals surface area contributed by atoms with Crippen LogP contribution in [0.4, 0.5) is 5.82 Å². The van der Waals surface area contributed by atoms with Gasteiger partial charge in [0, 0.05) is 6.20 Å². The number of carbonyl (C=O) groups excluding carboxylic acids is 1. The van der Waals surface area contributed by atoms with Crippen LogP contribution in [0.5, 0.6) is 0 Å². The third-order valence-corrected chi connectivity index (χ3v) is 3.48. The summed E-state index contributed by atoms with van der Waals surface area (Å²) in [4.78, 5) is 24.7. The lowest BCUT2D eigenvalue weighted by Crippen LogP contribution is -2.18. The van der Waals surface area contributed by atoms with E-state index >= 15 is 0 Å². The Labute approximate surface area is 123 Å². The van der Waals surface area contributed by atoms with Crippen LogP contribution in [0.25, 0.3) is 0 Å². The van der Waals surface area contributed by atoms with Crippen LogP contribution in [-0.2, 0) is 0 Å². The molecule has 0 bridgehead atoms. The number of hydrogen-bond donors (Lipinski definition) is 2. The molecular weight excluding hydrogens is 266 g/mol. The molecule has 2 aromatic rings. The van der Waals surface area contributed by atoms with Gasteiger partial charge in [-0.2, -0.15) is 0 Å². The number of aromatic nitrogens is 3. The standard InChI is InChI=1S/C15H17N5O/c1-10-4-6-17-14(7-10)20-15(21)13-9-18-12(8-19-13)11-3-2-5-16-11/h4,6-9,11,16H,2-3,5H2,1H3,(H,17,20,21). The van der Waals surface area contributed by atoms with Gasteiger partial charge in [0.15, 0.2) is 0 Å². The predicted molar refractivity (Wildman–Crippen MR) is 78.9 cm³/mol. The third-order valence-electron chi connectivity index (χ3n) is 3.48. The second kappa shape index (κ2) is 5.97. The molecule has 0 radical (unpaired) electrons. The normalized spacial score (nSPS) is 17.7. The van der Waals surface area contributed by atoms with Crippen molar-refractivity contribution in [3.63, 3.8) is 0 Å². The van der Waals surface area contributed by atoms with Crippen molar-refractivity contribution < 1.29 is 4.79 Å². The minimum atomic E-state index is -0.300. The lowest BCUT2D eigenvalue weighted by atomic mass is 10.2. The second-order valence-electron chi connectivity index (χ2n) is 5.15. The van der Waals surface area contributed by atoms with Gasteiger partial charge in [-0.15, -0.1) is 0 Å². The SMILES string of the molecule is Cc1ccnc(NC(=O)c2cnc(C3CCCN3)cn2)c1. The molecule has 1 fully saturated rings. The maximum atomic E-state index is 12.1. The fraction of sp³-hybridized carbons (Fsp3) is 0.333. The van der Waals surface area contributed by atoms with E-state index in [1.165, 1.54) is 6.20 Å². The minimum Gasteiger partial charge on any atom is -0.309 e. The molecule has 2 aromatic heterocycles. The van der Waals surface area contributed by atoms with Gasteiger partial charge in [0.05, 0.1) is 24.1 Å². The van der Waals surface area contributed by atoms with Crippen LogP contribution in [0.1, 0.15) is 40.6 Å². The number of carbonyl (C=O) groups is 1. The highest BCUT2D eigenvalue weighted by Crippen LogP contribution is 2.20. The van der Waals surface area contributed by atoms with Crippen molar-refractivity contribution in [2.75, 3.05) is 11.9 Å². The quantitative estimate of drug-likeness (QED) is 0.898. The van der Waals surface area contributed by atoms with Crippen LogP contribution in [0.3, 0.4) is 0 Å². The summed E-state index contributed by atoms with van der Waals surface area (Å²) in [5.74, 6) is 0.217. The Morgan fingerprint density at radius 3 is 2.90 bits per heavy atom. The molecule has 1 unspecified atom stereocenters. The first kappa shape index (κ1) is 13.6. The van der Waals surface area contributed by atoms with Gasteiger partial charge >= 0.3 is 0 Å². The molecule has 3 rings (SSSR count). The van der Waals surface area contributed by atoms with Crippen LogP contribution < -0.4 is 10.6 Å². The van der Waals surface area contributed by atoms with Gasteiger partial charge in [-0.05, 0) is 44.0 Å². The van der Waals surface area contributed by atoms with Gasteiger partial charge in [0.25, 0.3) is 5.91 Å². The van der Waals surface area contributed by atoms with Gasteiger partial charge in [0.1, 0.15) is 11.5 Å². The summed E-state index contributed by atoms with van der Waals surface area (Å²) in [6.45, 7) is 2.95. The van der Waals surface area contributed by atoms with Gasteiger partial charge in [0.2, 0.25) is 0 Å². The molecule has 1 atom stereocenters. The molecule has 1 amide bonds. The van der Waals surface area contributed by atoms with Gasteiger partial charge in [-0.1, -0.05) is 0 Å². The summed E-state index contributed by atoms with van der Waals surface area (Å²) < 4.78 is 0. The zero-order chi connectivity index (χ0) is 14.7. The Morgan fingerprint density at radius 1 is 1.33 bits per heavy atom. The number of pyridine rings is 1. The van der Waals surface area contributed by atoms with E-state index in [1.54, 1.807) is 12.4 Å². The van der Waals surface area contributed by atoms with Gasteiger partial charge in [-0.3, -0.25) is 9.78 Å². The Bertz CT molecular complexity index is 635. The van der Waals surface area contributed by atoms with E-state index in [0.717, 1.165) is 30.6 Å². The van der Waals surface area contributed by atoms with E-state index in [1.807, 2.05) is 19.1 Å². The molecule has 0 aromatic carbocycles. The van der Waals surface area contributed by atoms with Crippen molar-refractivity contribution in [3.8, 4) is 0 Å². The highest BCUT2D eigenvalue weighted by Gasteiger charge is 2.18. The smallest absolute Gasteiger partial charge is 0.277 e. The number of rotatable bonds is 3. The first-order chi connectivity index (χ1) is 10.2. The fourth-order valence-corrected chi connectivity index (χ4v) is 2.36. The summed E-state index contributed by atoms with van der Waals surface area (Å²) in [6.07, 6.45) is 7.05. The second-order valence-corrected chi connectivity index (χ2v) is 5.15. The van der Waals surface area contributed by atoms with Crippen molar-refractivity contribution >= 4 is 11.7 Å². The Balaban J connectivity index is 1.70. The molecule has 0 spiro atoms. The summed E-state index contributed by atoms with van der Waals surface area (Å²) >= 11 is 0. The Kier molecular flexibility index (Phi) is 3.87. The molecule has 0 saturated carbocycles. The van der Waals surface area contributed by atoms with Crippen molar-refractivity contribution in [2.24, 2.45) is 0 Å². The monoisotopic (exact) mass is 283 g/mol. The molecule has 1 saturated heterocycles. The van der Waals surface area contributed by atoms with Gasteiger partial charge in [-0.25, -0.2) is 9.97 Å². The van der Waals surface area contributed by atoms with E-state index < -0.39 is 0 Å². The highest BCUT2D eigenvalue weighted by molar-refractivity contribution is 6.02. The minimum absolute atomic E-state index is 0.257. The molecule has 3 heterocycles. The maximum absolute atomic E-state index is 12.1. The summed E-state index contributed by atoms with van der Waals surface area (Å²) in [7, 11) is 0. The molecular formula is C15H17N5O. The summed E-state index contributed by atoms with van der Waals surface area (Å²) in [5.41, 5.74) is 2.21. The number of nitrogens with zero attached hydrogens (tertiary/aromatic N) is 3. The molecule has 6 nitrogen and oxygen atoms in total. The largest absolute Gasteiger partial charge is 0.309 e. The van der Waals surface area contributed by atoms with Gasteiger partial charge < -0.3 is 10.6 Å². The van der Waals surface area contributed by atoms with E-state index in [9.17, 15) is 4.79 Å². The number of hydrogen-bond acceptors (Lipinski definition) is 5. The van der Waals surface area contributed by atoms with Crippen molar-refractivity contribution in [1.29, 1.82) is 0 Å². The lowest BCUT2D eigenvalue weighted by Gasteiger charge is -2.09. The molecule has 108 valence electrons. The third kappa shape index (κ3) is 3.22. The van der Waals surface area contributed by atoms with Crippen LogP contribution in [0.15, 0.2) is 30.7 Å². The topological polar surface area (TPSA) is 79.8 Å². The van der Waals surface area contributed by atoms with Crippen LogP contribution in [-0.4, -0.2) is 27.4 Å². The van der Waals surface area contributed by atoms with E-state index in [0.29, 0.717) is 11.5 Å². The summed E-state index contributed by atoms with van der Waals surface area (Å²) in [6, 6.07) is 3.94. The molecule has 6 heteroatoms. The molecule has 0 aliphatic carbocycles. The first-order valence-electron chi connectivity index (χ1n) is 7.02. The van der Waals surface area contributed by atoms with Crippen LogP contribution >= 0.6 is 0 Å². The first-order valence-corrected chi connectivity index (χ1v) is 7.02. The highest BCUT2D eigenvalue weighted by atomic mass is 16.1. The zero-order valence-corrected chi connectivity index (χ0v) is 11.8. The van der Waals surface area contributed by atoms with E-state index in [-0.39, 0.29) is 11.9 Å². The maximum Gasteiger partial charge on any atom is 0.277 e. The predicted octanol–water partition coefficient (Wildman–Crippen LogP) is 1.86. The van der Waals surface area contributed by atoms with E-state index in [4.69, 9.17) is 0 Å². The molecule has 21 heavy (non-hydrogen) atoms. The Morgan fingerprint density at radius 2 is 2.24 bits per heavy atom. The number of nitrogens with one attached hydrogen (secondary N) is 2. The number of amides is 1. The van der Waals surface area contributed by atoms with Crippen LogP contribution in [0.2, 0.25) is 0 Å². The Hall–Kier alpha value is -2.34. The number of aryl methyl sites for hydroxylation is 1. The average Bonchev–Trinajstić information content (AvgIpc) is 3.01. The van der Waals surface area contributed by atoms with Crippen molar-refractivity contribution in [3.05, 3.63) is 47.7 Å². The average molecular weight is 283 g/mol. The molecule has 1 aliphatic heterocycles. The molecule has 1 aliphatic rings.